The number of β-amino-alcohol motifs (C(OH)–C–C–N with tert-alkyl or cyclic N) is 1. The molecule has 0 saturated carbocycles. The topological polar surface area (TPSA) is 90.8 Å². The van der Waals surface area contributed by atoms with Gasteiger partial charge in [-0.1, -0.05) is 0 Å². The van der Waals surface area contributed by atoms with E-state index in [1.165, 1.54) is 0 Å². The zero-order valence-corrected chi connectivity index (χ0v) is 11.0. The third-order valence-electron chi connectivity index (χ3n) is 3.03. The lowest BCUT2D eigenvalue weighted by atomic mass is 10.0. The molecule has 0 aliphatic carbocycles. The molecule has 3 heterocycles. The number of rotatable bonds is 2. The van der Waals surface area contributed by atoms with Crippen molar-refractivity contribution in [3.8, 4) is 0 Å². The van der Waals surface area contributed by atoms with Gasteiger partial charge in [0.1, 0.15) is 11.3 Å². The minimum atomic E-state index is -0.983. The van der Waals surface area contributed by atoms with Gasteiger partial charge in [0.15, 0.2) is 0 Å². The lowest BCUT2D eigenvalue weighted by Gasteiger charge is -2.20. The molecule has 0 bridgehead atoms. The molecule has 2 aromatic rings. The van der Waals surface area contributed by atoms with Crippen LogP contribution in [0.25, 0.3) is 0 Å². The summed E-state index contributed by atoms with van der Waals surface area (Å²) in [6, 6.07) is 0. The highest BCUT2D eigenvalue weighted by atomic mass is 79.9. The molecule has 2 aromatic heterocycles. The number of nitrogens with one attached hydrogen (secondary N) is 1. The normalized spacial score (nSPS) is 23.6. The quantitative estimate of drug-likeness (QED) is 0.837. The van der Waals surface area contributed by atoms with E-state index < -0.39 is 5.60 Å². The number of nitrogens with zero attached hydrogens (tertiary/aromatic N) is 5. The largest absolute Gasteiger partial charge is 0.381 e. The molecule has 8 heteroatoms. The molecule has 18 heavy (non-hydrogen) atoms. The average Bonchev–Trinajstić information content (AvgIpc) is 3.00. The third kappa shape index (κ3) is 1.97. The van der Waals surface area contributed by atoms with Gasteiger partial charge in [-0.3, -0.25) is 0 Å². The summed E-state index contributed by atoms with van der Waals surface area (Å²) in [5, 5.41) is 20.7. The molecular weight excluding hydrogens is 300 g/mol. The van der Waals surface area contributed by atoms with E-state index in [0.717, 1.165) is 4.47 Å². The first-order valence-corrected chi connectivity index (χ1v) is 6.28. The molecule has 0 radical (unpaired) electrons. The Morgan fingerprint density at radius 2 is 2.11 bits per heavy atom. The van der Waals surface area contributed by atoms with Crippen LogP contribution in [0.5, 0.6) is 0 Å². The zero-order chi connectivity index (χ0) is 12.6. The van der Waals surface area contributed by atoms with Crippen molar-refractivity contribution in [3.05, 3.63) is 28.8 Å². The van der Waals surface area contributed by atoms with Crippen LogP contribution in [0.4, 0.5) is 5.95 Å². The van der Waals surface area contributed by atoms with Gasteiger partial charge in [-0.2, -0.15) is 15.4 Å². The Morgan fingerprint density at radius 3 is 2.78 bits per heavy atom. The monoisotopic (exact) mass is 310 g/mol. The highest BCUT2D eigenvalue weighted by molar-refractivity contribution is 9.10. The van der Waals surface area contributed by atoms with Gasteiger partial charge in [0.2, 0.25) is 5.95 Å². The van der Waals surface area contributed by atoms with Crippen molar-refractivity contribution in [2.45, 2.75) is 12.0 Å². The second-order valence-electron chi connectivity index (χ2n) is 4.26. The van der Waals surface area contributed by atoms with Crippen molar-refractivity contribution in [2.24, 2.45) is 0 Å². The molecule has 94 valence electrons. The molecule has 0 aromatic carbocycles. The number of aliphatic hydroxyl groups is 1. The molecule has 0 spiro atoms. The summed E-state index contributed by atoms with van der Waals surface area (Å²) < 4.78 is 0.831. The molecule has 1 aliphatic rings. The summed E-state index contributed by atoms with van der Waals surface area (Å²) in [7, 11) is 0. The summed E-state index contributed by atoms with van der Waals surface area (Å²) in [4.78, 5) is 10.4. The average molecular weight is 311 g/mol. The van der Waals surface area contributed by atoms with Crippen molar-refractivity contribution >= 4 is 21.9 Å². The molecule has 3 rings (SSSR count). The van der Waals surface area contributed by atoms with Gasteiger partial charge in [-0.15, -0.1) is 0 Å². The fourth-order valence-corrected chi connectivity index (χ4v) is 2.27. The maximum absolute atomic E-state index is 10.5. The van der Waals surface area contributed by atoms with Crippen LogP contribution in [0, 0.1) is 0 Å². The second kappa shape index (κ2) is 4.29. The van der Waals surface area contributed by atoms with Crippen LogP contribution in [-0.4, -0.2) is 43.6 Å². The maximum Gasteiger partial charge on any atom is 0.225 e. The number of hydrogen-bond donors (Lipinski definition) is 2. The molecule has 1 atom stereocenters. The van der Waals surface area contributed by atoms with Crippen molar-refractivity contribution < 1.29 is 5.11 Å². The van der Waals surface area contributed by atoms with Crippen molar-refractivity contribution in [1.29, 1.82) is 0 Å². The van der Waals surface area contributed by atoms with Crippen LogP contribution in [0.3, 0.4) is 0 Å². The minimum absolute atomic E-state index is 0.418. The van der Waals surface area contributed by atoms with Gasteiger partial charge in [0, 0.05) is 25.4 Å². The summed E-state index contributed by atoms with van der Waals surface area (Å²) in [6.07, 6.45) is 5.51. The molecule has 1 fully saturated rings. The Balaban J connectivity index is 1.81. The van der Waals surface area contributed by atoms with E-state index in [9.17, 15) is 5.11 Å². The lowest BCUT2D eigenvalue weighted by Crippen LogP contribution is -2.31. The van der Waals surface area contributed by atoms with Crippen LogP contribution in [-0.2, 0) is 5.60 Å². The third-order valence-corrected chi connectivity index (χ3v) is 3.44. The smallest absolute Gasteiger partial charge is 0.225 e. The molecule has 0 amide bonds. The molecule has 7 nitrogen and oxygen atoms in total. The highest BCUT2D eigenvalue weighted by Crippen LogP contribution is 2.31. The Hall–Kier alpha value is -1.54. The van der Waals surface area contributed by atoms with Gasteiger partial charge in [-0.05, 0) is 15.9 Å². The van der Waals surface area contributed by atoms with Crippen LogP contribution >= 0.6 is 15.9 Å². The lowest BCUT2D eigenvalue weighted by molar-refractivity contribution is 0.0559. The van der Waals surface area contributed by atoms with E-state index in [1.807, 2.05) is 4.90 Å². The van der Waals surface area contributed by atoms with Crippen LogP contribution in [0.2, 0.25) is 0 Å². The van der Waals surface area contributed by atoms with Crippen LogP contribution in [0.1, 0.15) is 12.1 Å². The predicted molar refractivity (Wildman–Crippen MR) is 66.8 cm³/mol. The van der Waals surface area contributed by atoms with E-state index in [4.69, 9.17) is 0 Å². The highest BCUT2D eigenvalue weighted by Gasteiger charge is 2.40. The number of aromatic nitrogens is 5. The van der Waals surface area contributed by atoms with E-state index in [1.54, 1.807) is 18.6 Å². The Kier molecular flexibility index (Phi) is 2.75. The summed E-state index contributed by atoms with van der Waals surface area (Å²) >= 11 is 3.29. The van der Waals surface area contributed by atoms with E-state index >= 15 is 0 Å². The fourth-order valence-electron chi connectivity index (χ4n) is 2.07. The number of H-pyrrole nitrogens is 1. The summed E-state index contributed by atoms with van der Waals surface area (Å²) in [6.45, 7) is 1.10. The maximum atomic E-state index is 10.5. The molecular formula is C10H11BrN6O. The van der Waals surface area contributed by atoms with E-state index in [2.05, 4.69) is 41.3 Å². The van der Waals surface area contributed by atoms with E-state index in [0.29, 0.717) is 31.2 Å². The van der Waals surface area contributed by atoms with Crippen molar-refractivity contribution in [2.75, 3.05) is 18.0 Å². The molecule has 1 aliphatic heterocycles. The van der Waals surface area contributed by atoms with Gasteiger partial charge < -0.3 is 10.0 Å². The number of halogens is 1. The standard InChI is InChI=1S/C10H11BrN6O/c11-7-3-12-9(13-4-7)17-2-1-10(18,6-17)8-5-14-16-15-8/h3-5,18H,1-2,6H2,(H,14,15,16)/t10-/m0/s1. The van der Waals surface area contributed by atoms with Gasteiger partial charge in [0.25, 0.3) is 0 Å². The summed E-state index contributed by atoms with van der Waals surface area (Å²) in [5.41, 5.74) is -0.425. The predicted octanol–water partition coefficient (Wildman–Crippen LogP) is 0.455. The first-order chi connectivity index (χ1) is 8.67. The number of anilines is 1. The SMILES string of the molecule is O[C@@]1(c2cn[nH]n2)CCN(c2ncc(Br)cn2)C1. The van der Waals surface area contributed by atoms with Gasteiger partial charge >= 0.3 is 0 Å². The van der Waals surface area contributed by atoms with Gasteiger partial charge in [-0.25, -0.2) is 9.97 Å². The Labute approximate surface area is 111 Å². The second-order valence-corrected chi connectivity index (χ2v) is 5.18. The first kappa shape index (κ1) is 11.5. The summed E-state index contributed by atoms with van der Waals surface area (Å²) in [5.74, 6) is 0.609. The fraction of sp³-hybridized carbons (Fsp3) is 0.400. The van der Waals surface area contributed by atoms with Crippen molar-refractivity contribution in [3.63, 3.8) is 0 Å². The van der Waals surface area contributed by atoms with Crippen LogP contribution < -0.4 is 4.90 Å². The Morgan fingerprint density at radius 1 is 1.33 bits per heavy atom. The molecule has 2 N–H and O–H groups in total. The first-order valence-electron chi connectivity index (χ1n) is 5.48. The van der Waals surface area contributed by atoms with E-state index in [-0.39, 0.29) is 0 Å². The van der Waals surface area contributed by atoms with Crippen molar-refractivity contribution in [1.82, 2.24) is 25.4 Å². The molecule has 1 saturated heterocycles. The van der Waals surface area contributed by atoms with Gasteiger partial charge in [0.05, 0.1) is 17.2 Å². The Bertz CT molecular complexity index is 530. The number of hydrogen-bond acceptors (Lipinski definition) is 6. The minimum Gasteiger partial charge on any atom is -0.381 e. The molecule has 0 unspecified atom stereocenters. The zero-order valence-electron chi connectivity index (χ0n) is 9.41. The van der Waals surface area contributed by atoms with Crippen LogP contribution in [0.15, 0.2) is 23.1 Å². The number of aromatic amines is 1.